The summed E-state index contributed by atoms with van der Waals surface area (Å²) in [4.78, 5) is 17.3. The van der Waals surface area contributed by atoms with Crippen LogP contribution in [0.3, 0.4) is 0 Å². The van der Waals surface area contributed by atoms with Crippen LogP contribution in [-0.4, -0.2) is 29.1 Å². The van der Waals surface area contributed by atoms with Gasteiger partial charge in [0.25, 0.3) is 0 Å². The second kappa shape index (κ2) is 5.69. The number of hydrogen-bond acceptors (Lipinski definition) is 4. The topological polar surface area (TPSA) is 53.4 Å². The van der Waals surface area contributed by atoms with E-state index in [1.165, 1.54) is 25.7 Å². The van der Waals surface area contributed by atoms with Gasteiger partial charge in [-0.25, -0.2) is 4.98 Å². The molecule has 1 heterocycles. The normalized spacial score (nSPS) is 23.9. The maximum absolute atomic E-state index is 10.6. The highest BCUT2D eigenvalue weighted by atomic mass is 32.1. The summed E-state index contributed by atoms with van der Waals surface area (Å²) in [5.41, 5.74) is 0.665. The van der Waals surface area contributed by atoms with Crippen molar-refractivity contribution in [2.75, 3.05) is 11.9 Å². The molecule has 1 aliphatic carbocycles. The van der Waals surface area contributed by atoms with Gasteiger partial charge in [0, 0.05) is 18.5 Å². The zero-order valence-electron chi connectivity index (χ0n) is 10.9. The molecule has 0 spiro atoms. The Balaban J connectivity index is 2.01. The highest BCUT2D eigenvalue weighted by molar-refractivity contribution is 7.13. The molecule has 1 aromatic heterocycles. The number of carbonyl (C=O) groups is 1. The summed E-state index contributed by atoms with van der Waals surface area (Å²) in [6, 6.07) is 0.553. The fourth-order valence-corrected chi connectivity index (χ4v) is 3.47. The van der Waals surface area contributed by atoms with Crippen LogP contribution in [0.4, 0.5) is 5.13 Å². The number of nitrogens with zero attached hydrogens (tertiary/aromatic N) is 2. The molecule has 2 atom stereocenters. The standard InChI is InChI=1S/C13H20N2O2S/c1-9-4-3-5-11(6-9)15(2)13-14-10(8-18-13)7-12(16)17/h8-9,11H,3-7H2,1-2H3,(H,16,17). The van der Waals surface area contributed by atoms with Gasteiger partial charge in [-0.05, 0) is 18.8 Å². The fraction of sp³-hybridized carbons (Fsp3) is 0.692. The lowest BCUT2D eigenvalue weighted by atomic mass is 9.86. The lowest BCUT2D eigenvalue weighted by molar-refractivity contribution is -0.136. The Morgan fingerprint density at radius 1 is 1.61 bits per heavy atom. The molecule has 0 bridgehead atoms. The maximum Gasteiger partial charge on any atom is 0.309 e. The van der Waals surface area contributed by atoms with Crippen molar-refractivity contribution in [3.8, 4) is 0 Å². The quantitative estimate of drug-likeness (QED) is 0.912. The zero-order valence-corrected chi connectivity index (χ0v) is 11.7. The Kier molecular flexibility index (Phi) is 4.22. The molecule has 0 aliphatic heterocycles. The van der Waals surface area contributed by atoms with Crippen molar-refractivity contribution in [3.63, 3.8) is 0 Å². The van der Waals surface area contributed by atoms with Crippen molar-refractivity contribution >= 4 is 22.4 Å². The molecule has 0 amide bonds. The van der Waals surface area contributed by atoms with E-state index in [9.17, 15) is 4.79 Å². The van der Waals surface area contributed by atoms with E-state index in [1.54, 1.807) is 11.3 Å². The molecule has 1 saturated carbocycles. The minimum Gasteiger partial charge on any atom is -0.481 e. The molecule has 1 fully saturated rings. The van der Waals surface area contributed by atoms with Crippen molar-refractivity contribution in [2.45, 2.75) is 45.1 Å². The molecule has 5 heteroatoms. The van der Waals surface area contributed by atoms with Crippen LogP contribution >= 0.6 is 11.3 Å². The first-order chi connectivity index (χ1) is 8.56. The first-order valence-corrected chi connectivity index (χ1v) is 7.33. The Morgan fingerprint density at radius 3 is 3.06 bits per heavy atom. The fourth-order valence-electron chi connectivity index (χ4n) is 2.60. The monoisotopic (exact) mass is 268 g/mol. The van der Waals surface area contributed by atoms with E-state index in [-0.39, 0.29) is 6.42 Å². The SMILES string of the molecule is CC1CCCC(N(C)c2nc(CC(=O)O)cs2)C1. The second-order valence-electron chi connectivity index (χ2n) is 5.23. The summed E-state index contributed by atoms with van der Waals surface area (Å²) < 4.78 is 0. The molecule has 1 N–H and O–H groups in total. The van der Waals surface area contributed by atoms with Crippen LogP contribution in [0.5, 0.6) is 0 Å². The lowest BCUT2D eigenvalue weighted by Gasteiger charge is -2.33. The third-order valence-electron chi connectivity index (χ3n) is 3.63. The predicted octanol–water partition coefficient (Wildman–Crippen LogP) is 2.79. The van der Waals surface area contributed by atoms with E-state index < -0.39 is 5.97 Å². The molecular formula is C13H20N2O2S. The van der Waals surface area contributed by atoms with Gasteiger partial charge in [0.05, 0.1) is 12.1 Å². The molecule has 0 aromatic carbocycles. The van der Waals surface area contributed by atoms with Gasteiger partial charge in [-0.15, -0.1) is 11.3 Å². The average molecular weight is 268 g/mol. The zero-order chi connectivity index (χ0) is 13.1. The van der Waals surface area contributed by atoms with Crippen LogP contribution in [0.2, 0.25) is 0 Å². The Bertz CT molecular complexity index is 419. The summed E-state index contributed by atoms with van der Waals surface area (Å²) in [7, 11) is 2.08. The summed E-state index contributed by atoms with van der Waals surface area (Å²) in [5.74, 6) is -0.0366. The van der Waals surface area contributed by atoms with E-state index in [0.717, 1.165) is 11.0 Å². The summed E-state index contributed by atoms with van der Waals surface area (Å²) in [6.45, 7) is 2.30. The van der Waals surface area contributed by atoms with E-state index in [1.807, 2.05) is 5.38 Å². The smallest absolute Gasteiger partial charge is 0.309 e. The first-order valence-electron chi connectivity index (χ1n) is 6.45. The summed E-state index contributed by atoms with van der Waals surface area (Å²) in [6.07, 6.45) is 5.06. The number of carboxylic acid groups (broad SMARTS) is 1. The number of aromatic nitrogens is 1. The summed E-state index contributed by atoms with van der Waals surface area (Å²) in [5, 5.41) is 11.6. The van der Waals surface area contributed by atoms with Crippen LogP contribution in [0, 0.1) is 5.92 Å². The number of aliphatic carboxylic acids is 1. The third-order valence-corrected chi connectivity index (χ3v) is 4.61. The van der Waals surface area contributed by atoms with Crippen LogP contribution in [-0.2, 0) is 11.2 Å². The predicted molar refractivity (Wildman–Crippen MR) is 73.3 cm³/mol. The number of anilines is 1. The van der Waals surface area contributed by atoms with Crippen molar-refractivity contribution in [2.24, 2.45) is 5.92 Å². The second-order valence-corrected chi connectivity index (χ2v) is 6.06. The Hall–Kier alpha value is -1.10. The van der Waals surface area contributed by atoms with Crippen molar-refractivity contribution < 1.29 is 9.90 Å². The largest absolute Gasteiger partial charge is 0.481 e. The molecule has 0 saturated heterocycles. The van der Waals surface area contributed by atoms with E-state index in [0.29, 0.717) is 11.7 Å². The number of carboxylic acids is 1. The maximum atomic E-state index is 10.6. The minimum absolute atomic E-state index is 0.0193. The number of thiazole rings is 1. The van der Waals surface area contributed by atoms with Crippen molar-refractivity contribution in [3.05, 3.63) is 11.1 Å². The number of hydrogen-bond donors (Lipinski definition) is 1. The Morgan fingerprint density at radius 2 is 2.39 bits per heavy atom. The van der Waals surface area contributed by atoms with Crippen molar-refractivity contribution in [1.82, 2.24) is 4.98 Å². The third kappa shape index (κ3) is 3.22. The molecule has 0 radical (unpaired) electrons. The molecule has 1 aromatic rings. The molecule has 2 unspecified atom stereocenters. The van der Waals surface area contributed by atoms with Gasteiger partial charge in [0.2, 0.25) is 0 Å². The number of rotatable bonds is 4. The van der Waals surface area contributed by atoms with E-state index in [2.05, 4.69) is 23.9 Å². The van der Waals surface area contributed by atoms with E-state index >= 15 is 0 Å². The van der Waals surface area contributed by atoms with Gasteiger partial charge < -0.3 is 10.0 Å². The van der Waals surface area contributed by atoms with Gasteiger partial charge in [0.1, 0.15) is 0 Å². The average Bonchev–Trinajstić information content (AvgIpc) is 2.75. The molecule has 2 rings (SSSR count). The highest BCUT2D eigenvalue weighted by Gasteiger charge is 2.24. The van der Waals surface area contributed by atoms with Crippen LogP contribution < -0.4 is 4.90 Å². The summed E-state index contributed by atoms with van der Waals surface area (Å²) >= 11 is 1.55. The molecule has 18 heavy (non-hydrogen) atoms. The van der Waals surface area contributed by atoms with E-state index in [4.69, 9.17) is 5.11 Å². The molecule has 1 aliphatic rings. The van der Waals surface area contributed by atoms with Crippen LogP contribution in [0.15, 0.2) is 5.38 Å². The molecular weight excluding hydrogens is 248 g/mol. The highest BCUT2D eigenvalue weighted by Crippen LogP contribution is 2.31. The first kappa shape index (κ1) is 13.3. The van der Waals surface area contributed by atoms with Gasteiger partial charge in [-0.3, -0.25) is 4.79 Å². The van der Waals surface area contributed by atoms with Gasteiger partial charge in [-0.1, -0.05) is 19.8 Å². The van der Waals surface area contributed by atoms with Gasteiger partial charge >= 0.3 is 5.97 Å². The minimum atomic E-state index is -0.819. The molecule has 4 nitrogen and oxygen atoms in total. The molecule has 100 valence electrons. The van der Waals surface area contributed by atoms with Crippen LogP contribution in [0.25, 0.3) is 0 Å². The van der Waals surface area contributed by atoms with Crippen molar-refractivity contribution in [1.29, 1.82) is 0 Å². The van der Waals surface area contributed by atoms with Gasteiger partial charge in [0.15, 0.2) is 5.13 Å². The lowest BCUT2D eigenvalue weighted by Crippen LogP contribution is -2.35. The van der Waals surface area contributed by atoms with Gasteiger partial charge in [-0.2, -0.15) is 0 Å². The Labute approximate surface area is 112 Å². The van der Waals surface area contributed by atoms with Crippen LogP contribution in [0.1, 0.15) is 38.3 Å².